The Balaban J connectivity index is 1.73. The zero-order chi connectivity index (χ0) is 22.4. The van der Waals surface area contributed by atoms with Gasteiger partial charge in [-0.3, -0.25) is 0 Å². The summed E-state index contributed by atoms with van der Waals surface area (Å²) in [5.74, 6) is 0.0946. The molecular formula is C21H15F6N3S. The highest BCUT2D eigenvalue weighted by Gasteiger charge is 2.34. The summed E-state index contributed by atoms with van der Waals surface area (Å²) in [4.78, 5) is 4.32. The van der Waals surface area contributed by atoms with Crippen LogP contribution < -0.4 is 9.62 Å². The van der Waals surface area contributed by atoms with E-state index >= 15 is 0 Å². The van der Waals surface area contributed by atoms with Crippen LogP contribution in [-0.4, -0.2) is 4.98 Å². The fourth-order valence-electron chi connectivity index (χ4n) is 3.24. The molecule has 0 bridgehead atoms. The molecule has 1 N–H and O–H groups in total. The Kier molecular flexibility index (Phi) is 5.28. The van der Waals surface area contributed by atoms with Gasteiger partial charge in [0.25, 0.3) is 0 Å². The molecule has 0 unspecified atom stereocenters. The van der Waals surface area contributed by atoms with Crippen LogP contribution >= 0.6 is 11.9 Å². The predicted molar refractivity (Wildman–Crippen MR) is 107 cm³/mol. The van der Waals surface area contributed by atoms with Crippen molar-refractivity contribution in [1.82, 2.24) is 4.98 Å². The third kappa shape index (κ3) is 4.43. The van der Waals surface area contributed by atoms with Crippen molar-refractivity contribution in [2.45, 2.75) is 30.7 Å². The highest BCUT2D eigenvalue weighted by Crippen LogP contribution is 2.43. The van der Waals surface area contributed by atoms with Crippen molar-refractivity contribution in [3.8, 4) is 0 Å². The van der Waals surface area contributed by atoms with Crippen molar-refractivity contribution in [2.24, 2.45) is 0 Å². The van der Waals surface area contributed by atoms with E-state index in [0.717, 1.165) is 29.4 Å². The van der Waals surface area contributed by atoms with Crippen LogP contribution in [0.4, 0.5) is 43.5 Å². The summed E-state index contributed by atoms with van der Waals surface area (Å²) in [6.07, 6.45) is -9.01. The third-order valence-electron chi connectivity index (χ3n) is 4.72. The number of pyridine rings is 1. The molecule has 1 aliphatic rings. The first kappa shape index (κ1) is 21.4. The van der Waals surface area contributed by atoms with Crippen molar-refractivity contribution in [3.05, 3.63) is 77.0 Å². The van der Waals surface area contributed by atoms with Gasteiger partial charge in [0, 0.05) is 10.5 Å². The van der Waals surface area contributed by atoms with Gasteiger partial charge < -0.3 is 9.62 Å². The molecule has 3 nitrogen and oxygen atoms in total. The second-order valence-electron chi connectivity index (χ2n) is 6.95. The fourth-order valence-corrected chi connectivity index (χ4v) is 4.29. The number of nitrogens with one attached hydrogen (secondary N) is 1. The summed E-state index contributed by atoms with van der Waals surface area (Å²) >= 11 is 1.20. The lowest BCUT2D eigenvalue weighted by Gasteiger charge is -2.25. The zero-order valence-electron chi connectivity index (χ0n) is 16.0. The van der Waals surface area contributed by atoms with E-state index in [1.165, 1.54) is 30.1 Å². The minimum absolute atomic E-state index is 0.0946. The van der Waals surface area contributed by atoms with Crippen LogP contribution in [0.1, 0.15) is 22.4 Å². The largest absolute Gasteiger partial charge is 0.433 e. The molecule has 4 rings (SSSR count). The Labute approximate surface area is 178 Å². The third-order valence-corrected chi connectivity index (χ3v) is 5.74. The van der Waals surface area contributed by atoms with Crippen LogP contribution in [0, 0.1) is 6.92 Å². The summed E-state index contributed by atoms with van der Waals surface area (Å²) in [6, 6.07) is 12.4. The number of hydrogen-bond acceptors (Lipinski definition) is 4. The quantitative estimate of drug-likeness (QED) is 0.327. The molecule has 0 fully saturated rings. The summed E-state index contributed by atoms with van der Waals surface area (Å²) in [7, 11) is 0. The van der Waals surface area contributed by atoms with Crippen LogP contribution in [0.3, 0.4) is 0 Å². The maximum atomic E-state index is 13.1. The molecule has 0 aliphatic carbocycles. The van der Waals surface area contributed by atoms with E-state index in [2.05, 4.69) is 10.3 Å². The van der Waals surface area contributed by atoms with E-state index in [4.69, 9.17) is 0 Å². The Bertz CT molecular complexity index is 1110. The van der Waals surface area contributed by atoms with Crippen molar-refractivity contribution >= 4 is 29.1 Å². The zero-order valence-corrected chi connectivity index (χ0v) is 16.8. The van der Waals surface area contributed by atoms with Gasteiger partial charge >= 0.3 is 12.4 Å². The molecule has 2 aromatic carbocycles. The number of benzene rings is 2. The van der Waals surface area contributed by atoms with Gasteiger partial charge in [-0.15, -0.1) is 0 Å². The van der Waals surface area contributed by atoms with Gasteiger partial charge in [-0.05, 0) is 60.8 Å². The van der Waals surface area contributed by atoms with Crippen LogP contribution in [-0.2, 0) is 18.9 Å². The predicted octanol–water partition coefficient (Wildman–Crippen LogP) is 7.20. The van der Waals surface area contributed by atoms with Crippen molar-refractivity contribution < 1.29 is 26.3 Å². The lowest BCUT2D eigenvalue weighted by atomic mass is 10.1. The van der Waals surface area contributed by atoms with E-state index in [1.54, 1.807) is 12.1 Å². The molecule has 3 aromatic rings. The summed E-state index contributed by atoms with van der Waals surface area (Å²) in [5, 5.41) is 2.99. The molecule has 0 saturated heterocycles. The van der Waals surface area contributed by atoms with Crippen LogP contribution in [0.5, 0.6) is 0 Å². The molecule has 31 heavy (non-hydrogen) atoms. The van der Waals surface area contributed by atoms with Gasteiger partial charge in [-0.1, -0.05) is 18.2 Å². The molecule has 2 heterocycles. The smallest absolute Gasteiger partial charge is 0.338 e. The van der Waals surface area contributed by atoms with E-state index in [1.807, 2.05) is 17.3 Å². The number of hydrogen-bond donors (Lipinski definition) is 1. The Morgan fingerprint density at radius 1 is 0.903 bits per heavy atom. The average Bonchev–Trinajstić information content (AvgIpc) is 2.83. The molecular weight excluding hydrogens is 440 g/mol. The van der Waals surface area contributed by atoms with Gasteiger partial charge in [0.15, 0.2) is 0 Å². The minimum atomic E-state index is -4.58. The maximum absolute atomic E-state index is 13.1. The number of rotatable bonds is 2. The highest BCUT2D eigenvalue weighted by molar-refractivity contribution is 8.00. The first-order chi connectivity index (χ1) is 14.5. The van der Waals surface area contributed by atoms with Crippen molar-refractivity contribution in [2.75, 3.05) is 9.62 Å². The second kappa shape index (κ2) is 7.67. The standard InChI is InChI=1S/C21H15F6N3S/c1-12-3-2-4-16-18(12)30(31-15-8-6-14(7-9-15)20(22,23)24)11-13-5-10-17(21(25,26)27)29-19(13)28-16/h2-10H,11H2,1H3,(H,28,29). The number of nitrogens with zero attached hydrogens (tertiary/aromatic N) is 2. The Hall–Kier alpha value is -2.88. The number of fused-ring (bicyclic) bond motifs is 2. The molecule has 1 aromatic heterocycles. The normalized spacial score (nSPS) is 13.8. The second-order valence-corrected chi connectivity index (χ2v) is 8.04. The molecule has 0 spiro atoms. The number of anilines is 3. The lowest BCUT2D eigenvalue weighted by molar-refractivity contribution is -0.141. The lowest BCUT2D eigenvalue weighted by Crippen LogP contribution is -2.15. The number of alkyl halides is 6. The molecule has 0 atom stereocenters. The highest BCUT2D eigenvalue weighted by atomic mass is 32.2. The van der Waals surface area contributed by atoms with Crippen LogP contribution in [0.25, 0.3) is 0 Å². The van der Waals surface area contributed by atoms with Gasteiger partial charge in [-0.25, -0.2) is 4.98 Å². The van der Waals surface area contributed by atoms with E-state index in [0.29, 0.717) is 16.1 Å². The van der Waals surface area contributed by atoms with Crippen LogP contribution in [0.15, 0.2) is 59.5 Å². The summed E-state index contributed by atoms with van der Waals surface area (Å²) < 4.78 is 79.7. The van der Waals surface area contributed by atoms with E-state index in [9.17, 15) is 26.3 Å². The first-order valence-electron chi connectivity index (χ1n) is 9.09. The number of para-hydroxylation sites is 1. The number of aromatic nitrogens is 1. The molecule has 0 radical (unpaired) electrons. The Morgan fingerprint density at radius 3 is 2.26 bits per heavy atom. The SMILES string of the molecule is Cc1cccc2c1N(Sc1ccc(C(F)(F)F)cc1)Cc1ccc(C(F)(F)F)nc1N2. The molecule has 10 heteroatoms. The van der Waals surface area contributed by atoms with Gasteiger partial charge in [-0.2, -0.15) is 26.3 Å². The number of halogens is 6. The fraction of sp³-hybridized carbons (Fsp3) is 0.190. The van der Waals surface area contributed by atoms with Gasteiger partial charge in [0.2, 0.25) is 0 Å². The van der Waals surface area contributed by atoms with Crippen LogP contribution in [0.2, 0.25) is 0 Å². The maximum Gasteiger partial charge on any atom is 0.433 e. The molecule has 162 valence electrons. The monoisotopic (exact) mass is 455 g/mol. The molecule has 0 saturated carbocycles. The topological polar surface area (TPSA) is 28.2 Å². The molecule has 0 amide bonds. The van der Waals surface area contributed by atoms with Gasteiger partial charge in [0.05, 0.1) is 23.5 Å². The Morgan fingerprint density at radius 2 is 1.61 bits per heavy atom. The average molecular weight is 455 g/mol. The van der Waals surface area contributed by atoms with Gasteiger partial charge in [0.1, 0.15) is 11.5 Å². The number of aryl methyl sites for hydroxylation is 1. The molecule has 1 aliphatic heterocycles. The van der Waals surface area contributed by atoms with E-state index in [-0.39, 0.29) is 12.4 Å². The van der Waals surface area contributed by atoms with Crippen molar-refractivity contribution in [3.63, 3.8) is 0 Å². The summed E-state index contributed by atoms with van der Waals surface area (Å²) in [5.41, 5.74) is 0.914. The van der Waals surface area contributed by atoms with E-state index < -0.39 is 23.6 Å². The minimum Gasteiger partial charge on any atom is -0.338 e. The summed E-state index contributed by atoms with van der Waals surface area (Å²) in [6.45, 7) is 2.06. The first-order valence-corrected chi connectivity index (χ1v) is 9.86. The van der Waals surface area contributed by atoms with Crippen molar-refractivity contribution in [1.29, 1.82) is 0 Å².